The Bertz CT molecular complexity index is 767. The Hall–Kier alpha value is -1.88. The lowest BCUT2D eigenvalue weighted by Crippen LogP contribution is -2.00. The molecular weight excluding hydrogens is 292 g/mol. The van der Waals surface area contributed by atoms with Gasteiger partial charge in [0.25, 0.3) is 5.78 Å². The van der Waals surface area contributed by atoms with Crippen LogP contribution in [0.15, 0.2) is 41.6 Å². The second kappa shape index (κ2) is 6.48. The summed E-state index contributed by atoms with van der Waals surface area (Å²) in [5.74, 6) is 0.690. The summed E-state index contributed by atoms with van der Waals surface area (Å²) < 4.78 is 1.82. The third-order valence-corrected chi connectivity index (χ3v) is 4.61. The number of nitrogens with zero attached hydrogens (tertiary/aromatic N) is 4. The largest absolute Gasteiger partial charge is 0.253 e. The lowest BCUT2D eigenvalue weighted by molar-refractivity contribution is 0.799. The van der Waals surface area contributed by atoms with Crippen molar-refractivity contribution in [1.29, 1.82) is 0 Å². The van der Waals surface area contributed by atoms with Gasteiger partial charge in [-0.15, -0.1) is 5.10 Å². The van der Waals surface area contributed by atoms with Crippen LogP contribution >= 0.6 is 11.8 Å². The van der Waals surface area contributed by atoms with E-state index < -0.39 is 0 Å². The minimum atomic E-state index is 0.471. The fourth-order valence-electron chi connectivity index (χ4n) is 2.45. The van der Waals surface area contributed by atoms with Gasteiger partial charge in [0.2, 0.25) is 5.16 Å². The number of aromatic nitrogens is 4. The van der Waals surface area contributed by atoms with Crippen LogP contribution < -0.4 is 0 Å². The summed E-state index contributed by atoms with van der Waals surface area (Å²) in [6.07, 6.45) is 2.19. The molecule has 0 spiro atoms. The Morgan fingerprint density at radius 3 is 2.68 bits per heavy atom. The summed E-state index contributed by atoms with van der Waals surface area (Å²) in [6, 6.07) is 12.6. The molecule has 0 amide bonds. The van der Waals surface area contributed by atoms with Gasteiger partial charge in [0.05, 0.1) is 0 Å². The molecule has 0 saturated carbocycles. The van der Waals surface area contributed by atoms with Gasteiger partial charge in [-0.05, 0) is 38.3 Å². The molecule has 4 nitrogen and oxygen atoms in total. The number of hydrogen-bond acceptors (Lipinski definition) is 4. The third kappa shape index (κ3) is 3.47. The molecule has 0 radical (unpaired) electrons. The highest BCUT2D eigenvalue weighted by atomic mass is 32.2. The molecule has 0 fully saturated rings. The summed E-state index contributed by atoms with van der Waals surface area (Å²) >= 11 is 1.72. The summed E-state index contributed by atoms with van der Waals surface area (Å²) in [5.41, 5.74) is 3.43. The standard InChI is InChI=1S/C17H20N4S/c1-12-11-13(2)21-16(18-12)19-17(20-21)22-14(3)9-10-15-7-5-4-6-8-15/h4-8,11,14H,9-10H2,1-3H3. The first-order chi connectivity index (χ1) is 10.6. The highest BCUT2D eigenvalue weighted by Gasteiger charge is 2.12. The van der Waals surface area contributed by atoms with E-state index in [1.165, 1.54) is 5.56 Å². The van der Waals surface area contributed by atoms with Crippen molar-refractivity contribution in [3.05, 3.63) is 53.3 Å². The van der Waals surface area contributed by atoms with Crippen molar-refractivity contribution < 1.29 is 0 Å². The molecule has 0 saturated heterocycles. The van der Waals surface area contributed by atoms with Gasteiger partial charge in [0.15, 0.2) is 0 Å². The molecule has 0 aliphatic heterocycles. The highest BCUT2D eigenvalue weighted by Crippen LogP contribution is 2.24. The molecule has 0 N–H and O–H groups in total. The first-order valence-electron chi connectivity index (χ1n) is 7.53. The zero-order valence-corrected chi connectivity index (χ0v) is 14.0. The van der Waals surface area contributed by atoms with Crippen LogP contribution in [-0.2, 0) is 6.42 Å². The molecule has 1 aromatic carbocycles. The van der Waals surface area contributed by atoms with Gasteiger partial charge in [-0.1, -0.05) is 49.0 Å². The first kappa shape index (κ1) is 15.0. The lowest BCUT2D eigenvalue weighted by Gasteiger charge is -2.08. The van der Waals surface area contributed by atoms with E-state index in [1.54, 1.807) is 11.8 Å². The predicted octanol–water partition coefficient (Wildman–Crippen LogP) is 3.85. The van der Waals surface area contributed by atoms with Crippen molar-refractivity contribution in [2.75, 3.05) is 0 Å². The third-order valence-electron chi connectivity index (χ3n) is 3.59. The molecular formula is C17H20N4S. The van der Waals surface area contributed by atoms with E-state index in [0.717, 1.165) is 29.4 Å². The van der Waals surface area contributed by atoms with Crippen LogP contribution in [0.3, 0.4) is 0 Å². The molecule has 1 unspecified atom stereocenters. The van der Waals surface area contributed by atoms with Crippen LogP contribution in [0.1, 0.15) is 30.3 Å². The van der Waals surface area contributed by atoms with Crippen molar-refractivity contribution in [3.63, 3.8) is 0 Å². The van der Waals surface area contributed by atoms with Crippen molar-refractivity contribution in [2.45, 2.75) is 44.0 Å². The second-order valence-electron chi connectivity index (χ2n) is 5.60. The van der Waals surface area contributed by atoms with Crippen LogP contribution in [0, 0.1) is 13.8 Å². The van der Waals surface area contributed by atoms with Crippen LogP contribution in [-0.4, -0.2) is 24.8 Å². The van der Waals surface area contributed by atoms with Crippen LogP contribution in [0.4, 0.5) is 0 Å². The Morgan fingerprint density at radius 2 is 1.91 bits per heavy atom. The van der Waals surface area contributed by atoms with E-state index in [-0.39, 0.29) is 0 Å². The summed E-state index contributed by atoms with van der Waals surface area (Å²) in [4.78, 5) is 8.97. The average Bonchev–Trinajstić information content (AvgIpc) is 2.89. The van der Waals surface area contributed by atoms with Crippen molar-refractivity contribution in [2.24, 2.45) is 0 Å². The van der Waals surface area contributed by atoms with E-state index in [0.29, 0.717) is 11.0 Å². The fourth-order valence-corrected chi connectivity index (χ4v) is 3.31. The average molecular weight is 312 g/mol. The SMILES string of the molecule is Cc1cc(C)n2nc(SC(C)CCc3ccccc3)nc2n1. The zero-order valence-electron chi connectivity index (χ0n) is 13.2. The molecule has 2 heterocycles. The number of hydrogen-bond donors (Lipinski definition) is 0. The predicted molar refractivity (Wildman–Crippen MR) is 90.3 cm³/mol. The Kier molecular flexibility index (Phi) is 4.43. The van der Waals surface area contributed by atoms with E-state index in [9.17, 15) is 0 Å². The van der Waals surface area contributed by atoms with Gasteiger partial charge in [0.1, 0.15) is 0 Å². The monoisotopic (exact) mass is 312 g/mol. The molecule has 0 aliphatic rings. The smallest absolute Gasteiger partial charge is 0.216 e. The number of rotatable bonds is 5. The molecule has 2 aromatic heterocycles. The van der Waals surface area contributed by atoms with Gasteiger partial charge >= 0.3 is 0 Å². The number of fused-ring (bicyclic) bond motifs is 1. The van der Waals surface area contributed by atoms with Crippen LogP contribution in [0.5, 0.6) is 0 Å². The Balaban J connectivity index is 1.66. The first-order valence-corrected chi connectivity index (χ1v) is 8.41. The van der Waals surface area contributed by atoms with Gasteiger partial charge < -0.3 is 0 Å². The molecule has 22 heavy (non-hydrogen) atoms. The number of thioether (sulfide) groups is 1. The van der Waals surface area contributed by atoms with E-state index in [2.05, 4.69) is 52.3 Å². The maximum Gasteiger partial charge on any atom is 0.253 e. The fraction of sp³-hybridized carbons (Fsp3) is 0.353. The topological polar surface area (TPSA) is 43.1 Å². The normalized spacial score (nSPS) is 12.7. The minimum absolute atomic E-state index is 0.471. The minimum Gasteiger partial charge on any atom is -0.216 e. The number of aryl methyl sites for hydroxylation is 3. The Morgan fingerprint density at radius 1 is 1.14 bits per heavy atom. The molecule has 3 rings (SSSR count). The van der Waals surface area contributed by atoms with Crippen molar-refractivity contribution in [1.82, 2.24) is 19.6 Å². The molecule has 1 atom stereocenters. The Labute approximate surface area is 135 Å². The van der Waals surface area contributed by atoms with E-state index in [1.807, 2.05) is 24.4 Å². The molecule has 0 aliphatic carbocycles. The second-order valence-corrected chi connectivity index (χ2v) is 7.00. The van der Waals surface area contributed by atoms with Gasteiger partial charge in [-0.3, -0.25) is 0 Å². The van der Waals surface area contributed by atoms with Crippen LogP contribution in [0.2, 0.25) is 0 Å². The maximum atomic E-state index is 4.55. The quantitative estimate of drug-likeness (QED) is 0.671. The van der Waals surface area contributed by atoms with E-state index >= 15 is 0 Å². The molecule has 5 heteroatoms. The maximum absolute atomic E-state index is 4.55. The number of benzene rings is 1. The lowest BCUT2D eigenvalue weighted by atomic mass is 10.1. The van der Waals surface area contributed by atoms with Gasteiger partial charge in [0, 0.05) is 16.6 Å². The van der Waals surface area contributed by atoms with Crippen molar-refractivity contribution >= 4 is 17.5 Å². The summed E-state index contributed by atoms with van der Waals surface area (Å²) in [6.45, 7) is 6.24. The molecule has 0 bridgehead atoms. The van der Waals surface area contributed by atoms with Crippen LogP contribution in [0.25, 0.3) is 5.78 Å². The highest BCUT2D eigenvalue weighted by molar-refractivity contribution is 7.99. The van der Waals surface area contributed by atoms with Gasteiger partial charge in [-0.2, -0.15) is 4.98 Å². The van der Waals surface area contributed by atoms with Crippen molar-refractivity contribution in [3.8, 4) is 0 Å². The zero-order chi connectivity index (χ0) is 15.5. The van der Waals surface area contributed by atoms with Gasteiger partial charge in [-0.25, -0.2) is 9.50 Å². The summed E-state index contributed by atoms with van der Waals surface area (Å²) in [5, 5.41) is 5.83. The molecule has 3 aromatic rings. The summed E-state index contributed by atoms with van der Waals surface area (Å²) in [7, 11) is 0. The van der Waals surface area contributed by atoms with E-state index in [4.69, 9.17) is 0 Å². The molecule has 114 valence electrons.